The molecule has 0 spiro atoms. The molecular formula is C16H14BrN3O. The van der Waals surface area contributed by atoms with Gasteiger partial charge in [0, 0.05) is 28.5 Å². The maximum absolute atomic E-state index is 9.30. The van der Waals surface area contributed by atoms with Gasteiger partial charge in [0.05, 0.1) is 17.6 Å². The van der Waals surface area contributed by atoms with Crippen molar-refractivity contribution in [2.45, 2.75) is 25.5 Å². The van der Waals surface area contributed by atoms with E-state index in [0.717, 1.165) is 32.5 Å². The molecule has 5 heteroatoms. The Hall–Kier alpha value is -1.72. The molecule has 2 heterocycles. The lowest BCUT2D eigenvalue weighted by molar-refractivity contribution is 0.281. The van der Waals surface area contributed by atoms with Crippen molar-refractivity contribution in [3.8, 4) is 11.4 Å². The van der Waals surface area contributed by atoms with Gasteiger partial charge in [-0.05, 0) is 42.7 Å². The average Bonchev–Trinajstić information content (AvgIpc) is 3.28. The van der Waals surface area contributed by atoms with Crippen molar-refractivity contribution in [2.75, 3.05) is 0 Å². The van der Waals surface area contributed by atoms with E-state index in [4.69, 9.17) is 4.98 Å². The first kappa shape index (κ1) is 13.0. The summed E-state index contributed by atoms with van der Waals surface area (Å²) in [6.07, 6.45) is 5.88. The average molecular weight is 344 g/mol. The molecular weight excluding hydrogens is 330 g/mol. The lowest BCUT2D eigenvalue weighted by atomic mass is 10.2. The third kappa shape index (κ3) is 2.26. The van der Waals surface area contributed by atoms with Crippen LogP contribution in [0.1, 0.15) is 24.4 Å². The number of halogens is 1. The number of imidazole rings is 1. The Kier molecular flexibility index (Phi) is 3.05. The number of aliphatic hydroxyl groups excluding tert-OH is 1. The van der Waals surface area contributed by atoms with E-state index in [-0.39, 0.29) is 6.61 Å². The van der Waals surface area contributed by atoms with Gasteiger partial charge in [-0.15, -0.1) is 0 Å². The molecule has 1 aliphatic rings. The summed E-state index contributed by atoms with van der Waals surface area (Å²) in [6, 6.07) is 8.65. The van der Waals surface area contributed by atoms with E-state index in [1.54, 1.807) is 6.20 Å². The summed E-state index contributed by atoms with van der Waals surface area (Å²) < 4.78 is 3.36. The van der Waals surface area contributed by atoms with Gasteiger partial charge in [0.1, 0.15) is 5.82 Å². The molecule has 21 heavy (non-hydrogen) atoms. The fourth-order valence-corrected chi connectivity index (χ4v) is 3.02. The summed E-state index contributed by atoms with van der Waals surface area (Å²) in [4.78, 5) is 9.00. The van der Waals surface area contributed by atoms with Gasteiger partial charge in [-0.2, -0.15) is 0 Å². The fraction of sp³-hybridized carbons (Fsp3) is 0.250. The molecule has 0 radical (unpaired) electrons. The third-order valence-electron chi connectivity index (χ3n) is 3.80. The highest BCUT2D eigenvalue weighted by Gasteiger charge is 2.28. The first-order valence-corrected chi connectivity index (χ1v) is 7.78. The molecule has 106 valence electrons. The molecule has 4 nitrogen and oxygen atoms in total. The monoisotopic (exact) mass is 343 g/mol. The van der Waals surface area contributed by atoms with Gasteiger partial charge in [0.15, 0.2) is 0 Å². The second kappa shape index (κ2) is 4.93. The molecule has 0 saturated heterocycles. The van der Waals surface area contributed by atoms with Gasteiger partial charge in [0.25, 0.3) is 0 Å². The Morgan fingerprint density at radius 3 is 2.86 bits per heavy atom. The zero-order valence-electron chi connectivity index (χ0n) is 11.3. The highest BCUT2D eigenvalue weighted by molar-refractivity contribution is 9.10. The minimum Gasteiger partial charge on any atom is -0.392 e. The maximum Gasteiger partial charge on any atom is 0.142 e. The van der Waals surface area contributed by atoms with Gasteiger partial charge >= 0.3 is 0 Å². The largest absolute Gasteiger partial charge is 0.392 e. The van der Waals surface area contributed by atoms with Crippen LogP contribution in [0.3, 0.4) is 0 Å². The van der Waals surface area contributed by atoms with E-state index in [2.05, 4.69) is 31.5 Å². The van der Waals surface area contributed by atoms with Crippen LogP contribution in [0, 0.1) is 0 Å². The van der Waals surface area contributed by atoms with Crippen LogP contribution in [0.4, 0.5) is 0 Å². The number of aliphatic hydroxyl groups is 1. The standard InChI is InChI=1S/C16H14BrN3O/c17-12-1-4-14-15(6-12)20(13-2-3-13)16(19-14)11-5-10(9-21)7-18-8-11/h1,4-8,13,21H,2-3,9H2. The first-order chi connectivity index (χ1) is 10.3. The van der Waals surface area contributed by atoms with E-state index in [1.165, 1.54) is 12.8 Å². The summed E-state index contributed by atoms with van der Waals surface area (Å²) in [5.41, 5.74) is 3.91. The molecule has 0 unspecified atom stereocenters. The molecule has 2 aromatic heterocycles. The third-order valence-corrected chi connectivity index (χ3v) is 4.29. The molecule has 0 bridgehead atoms. The maximum atomic E-state index is 9.30. The molecule has 1 aliphatic carbocycles. The fourth-order valence-electron chi connectivity index (χ4n) is 2.67. The first-order valence-electron chi connectivity index (χ1n) is 6.99. The summed E-state index contributed by atoms with van der Waals surface area (Å²) in [7, 11) is 0. The number of hydrogen-bond acceptors (Lipinski definition) is 3. The second-order valence-electron chi connectivity index (χ2n) is 5.41. The molecule has 1 N–H and O–H groups in total. The zero-order chi connectivity index (χ0) is 14.4. The van der Waals surface area contributed by atoms with Crippen LogP contribution in [0.2, 0.25) is 0 Å². The predicted molar refractivity (Wildman–Crippen MR) is 84.9 cm³/mol. The molecule has 4 rings (SSSR count). The minimum absolute atomic E-state index is 0.00392. The van der Waals surface area contributed by atoms with Gasteiger partial charge in [-0.1, -0.05) is 15.9 Å². The van der Waals surface area contributed by atoms with Gasteiger partial charge in [0.2, 0.25) is 0 Å². The molecule has 1 saturated carbocycles. The normalized spacial score (nSPS) is 14.8. The van der Waals surface area contributed by atoms with Gasteiger partial charge in [-0.25, -0.2) is 4.98 Å². The number of rotatable bonds is 3. The van der Waals surface area contributed by atoms with E-state index in [1.807, 2.05) is 24.4 Å². The van der Waals surface area contributed by atoms with Crippen molar-refractivity contribution < 1.29 is 5.11 Å². The molecule has 0 amide bonds. The summed E-state index contributed by atoms with van der Waals surface area (Å²) >= 11 is 3.54. The van der Waals surface area contributed by atoms with Crippen molar-refractivity contribution in [2.24, 2.45) is 0 Å². The number of nitrogens with zero attached hydrogens (tertiary/aromatic N) is 3. The van der Waals surface area contributed by atoms with Crippen LogP contribution < -0.4 is 0 Å². The van der Waals surface area contributed by atoms with Crippen molar-refractivity contribution in [1.29, 1.82) is 0 Å². The highest BCUT2D eigenvalue weighted by atomic mass is 79.9. The van der Waals surface area contributed by atoms with E-state index < -0.39 is 0 Å². The molecule has 0 atom stereocenters. The smallest absolute Gasteiger partial charge is 0.142 e. The lowest BCUT2D eigenvalue weighted by Gasteiger charge is -2.08. The molecule has 1 aromatic carbocycles. The molecule has 1 fully saturated rings. The van der Waals surface area contributed by atoms with Crippen molar-refractivity contribution in [1.82, 2.24) is 14.5 Å². The molecule has 0 aliphatic heterocycles. The van der Waals surface area contributed by atoms with Crippen LogP contribution >= 0.6 is 15.9 Å². The number of pyridine rings is 1. The Labute approximate surface area is 130 Å². The lowest BCUT2D eigenvalue weighted by Crippen LogP contribution is -1.98. The van der Waals surface area contributed by atoms with Crippen LogP contribution in [0.15, 0.2) is 41.1 Å². The van der Waals surface area contributed by atoms with Crippen molar-refractivity contribution >= 4 is 27.0 Å². The molecule has 3 aromatic rings. The van der Waals surface area contributed by atoms with E-state index in [9.17, 15) is 5.11 Å². The van der Waals surface area contributed by atoms with E-state index in [0.29, 0.717) is 6.04 Å². The Morgan fingerprint density at radius 1 is 1.24 bits per heavy atom. The number of fused-ring (bicyclic) bond motifs is 1. The number of hydrogen-bond donors (Lipinski definition) is 1. The van der Waals surface area contributed by atoms with E-state index >= 15 is 0 Å². The summed E-state index contributed by atoms with van der Waals surface area (Å²) in [5, 5.41) is 9.30. The Bertz CT molecular complexity index is 824. The highest BCUT2D eigenvalue weighted by Crippen LogP contribution is 2.41. The quantitative estimate of drug-likeness (QED) is 0.788. The van der Waals surface area contributed by atoms with Gasteiger partial charge in [-0.3, -0.25) is 4.98 Å². The van der Waals surface area contributed by atoms with Crippen LogP contribution in [0.5, 0.6) is 0 Å². The van der Waals surface area contributed by atoms with Crippen LogP contribution in [-0.4, -0.2) is 19.6 Å². The Morgan fingerprint density at radius 2 is 2.10 bits per heavy atom. The van der Waals surface area contributed by atoms with Gasteiger partial charge < -0.3 is 9.67 Å². The number of aromatic nitrogens is 3. The van der Waals surface area contributed by atoms with Crippen LogP contribution in [-0.2, 0) is 6.61 Å². The SMILES string of the molecule is OCc1cncc(-c2nc3ccc(Br)cc3n2C2CC2)c1. The van der Waals surface area contributed by atoms with Crippen molar-refractivity contribution in [3.63, 3.8) is 0 Å². The van der Waals surface area contributed by atoms with Crippen LogP contribution in [0.25, 0.3) is 22.4 Å². The topological polar surface area (TPSA) is 50.9 Å². The van der Waals surface area contributed by atoms with Crippen molar-refractivity contribution in [3.05, 3.63) is 46.7 Å². The predicted octanol–water partition coefficient (Wildman–Crippen LogP) is 3.69. The second-order valence-corrected chi connectivity index (χ2v) is 6.33. The summed E-state index contributed by atoms with van der Waals surface area (Å²) in [5.74, 6) is 0.938. The summed E-state index contributed by atoms with van der Waals surface area (Å²) in [6.45, 7) is -0.00392. The zero-order valence-corrected chi connectivity index (χ0v) is 12.9. The minimum atomic E-state index is -0.00392. The number of benzene rings is 1. The Balaban J connectivity index is 1.97.